The predicted octanol–water partition coefficient (Wildman–Crippen LogP) is 6.28. The highest BCUT2D eigenvalue weighted by Crippen LogP contribution is 2.47. The Morgan fingerprint density at radius 1 is 1.06 bits per heavy atom. The SMILES string of the molecule is CCCCOC(=O)C1C(C)=NC2=C(C(=O)C[C@@H](c3ccc(OC)c(OC)c3)C2)[C@@H]1c1cccc(Cl)c1. The van der Waals surface area contributed by atoms with Gasteiger partial charge in [0.05, 0.1) is 20.8 Å². The third-order valence-electron chi connectivity index (χ3n) is 6.97. The van der Waals surface area contributed by atoms with Crippen molar-refractivity contribution in [2.45, 2.75) is 51.4 Å². The van der Waals surface area contributed by atoms with Gasteiger partial charge in [-0.1, -0.05) is 43.1 Å². The highest BCUT2D eigenvalue weighted by Gasteiger charge is 2.44. The number of allylic oxidation sites excluding steroid dienone is 2. The Morgan fingerprint density at radius 3 is 2.53 bits per heavy atom. The van der Waals surface area contributed by atoms with Crippen LogP contribution in [0.25, 0.3) is 0 Å². The molecule has 0 radical (unpaired) electrons. The maximum atomic E-state index is 13.7. The Hall–Kier alpha value is -3.12. The minimum atomic E-state index is -0.666. The number of rotatable bonds is 8. The monoisotopic (exact) mass is 509 g/mol. The Bertz CT molecular complexity index is 1220. The zero-order valence-corrected chi connectivity index (χ0v) is 21.9. The summed E-state index contributed by atoms with van der Waals surface area (Å²) in [5, 5.41) is 0.555. The fraction of sp³-hybridized carbons (Fsp3) is 0.414. The molecule has 0 saturated heterocycles. The Labute approximate surface area is 217 Å². The van der Waals surface area contributed by atoms with Gasteiger partial charge in [-0.3, -0.25) is 14.6 Å². The average molecular weight is 510 g/mol. The summed E-state index contributed by atoms with van der Waals surface area (Å²) in [6.07, 6.45) is 2.62. The molecule has 2 aliphatic rings. The summed E-state index contributed by atoms with van der Waals surface area (Å²) in [4.78, 5) is 31.8. The fourth-order valence-electron chi connectivity index (χ4n) is 5.17. The second kappa shape index (κ2) is 11.3. The van der Waals surface area contributed by atoms with Gasteiger partial charge in [0, 0.05) is 34.3 Å². The molecular formula is C29H32ClNO5. The molecule has 1 aliphatic heterocycles. The van der Waals surface area contributed by atoms with Crippen LogP contribution in [0, 0.1) is 5.92 Å². The molecule has 1 unspecified atom stereocenters. The van der Waals surface area contributed by atoms with E-state index in [1.807, 2.05) is 50.2 Å². The number of carbonyl (C=O) groups is 2. The van der Waals surface area contributed by atoms with Gasteiger partial charge in [0.15, 0.2) is 17.3 Å². The van der Waals surface area contributed by atoms with Crippen LogP contribution in [0.5, 0.6) is 11.5 Å². The lowest BCUT2D eigenvalue weighted by atomic mass is 9.69. The average Bonchev–Trinajstić information content (AvgIpc) is 2.87. The maximum absolute atomic E-state index is 13.7. The van der Waals surface area contributed by atoms with Gasteiger partial charge in [-0.15, -0.1) is 0 Å². The predicted molar refractivity (Wildman–Crippen MR) is 140 cm³/mol. The molecular weight excluding hydrogens is 478 g/mol. The summed E-state index contributed by atoms with van der Waals surface area (Å²) >= 11 is 6.33. The molecule has 6 nitrogen and oxygen atoms in total. The highest BCUT2D eigenvalue weighted by molar-refractivity contribution is 6.30. The van der Waals surface area contributed by atoms with Gasteiger partial charge in [0.2, 0.25) is 0 Å². The molecule has 4 rings (SSSR count). The van der Waals surface area contributed by atoms with Crippen molar-refractivity contribution < 1.29 is 23.8 Å². The first-order valence-corrected chi connectivity index (χ1v) is 12.7. The van der Waals surface area contributed by atoms with Crippen molar-refractivity contribution in [1.29, 1.82) is 0 Å². The van der Waals surface area contributed by atoms with Crippen LogP contribution in [-0.4, -0.2) is 38.3 Å². The first-order chi connectivity index (χ1) is 17.4. The zero-order chi connectivity index (χ0) is 25.8. The number of esters is 1. The standard InChI is InChI=1S/C29H32ClNO5/c1-5-6-12-36-29(33)26-17(2)31-22-14-20(18-10-11-24(34-3)25(16-18)35-4)15-23(32)28(22)27(26)19-8-7-9-21(30)13-19/h7-11,13,16,20,26-27H,5-6,12,14-15H2,1-4H3/t20-,26?,27+/m0/s1. The number of benzene rings is 2. The van der Waals surface area contributed by atoms with Crippen molar-refractivity contribution in [2.24, 2.45) is 10.9 Å². The summed E-state index contributed by atoms with van der Waals surface area (Å²) in [5.74, 6) is -0.303. The number of ether oxygens (including phenoxy) is 3. The number of halogens is 1. The van der Waals surface area contributed by atoms with Crippen LogP contribution >= 0.6 is 11.6 Å². The van der Waals surface area contributed by atoms with Crippen LogP contribution in [0.2, 0.25) is 5.02 Å². The van der Waals surface area contributed by atoms with Crippen molar-refractivity contribution in [3.63, 3.8) is 0 Å². The van der Waals surface area contributed by atoms with Crippen molar-refractivity contribution in [3.05, 3.63) is 69.9 Å². The number of hydrogen-bond donors (Lipinski definition) is 0. The third kappa shape index (κ3) is 5.19. The molecule has 0 N–H and O–H groups in total. The van der Waals surface area contributed by atoms with Gasteiger partial charge in [0.1, 0.15) is 5.92 Å². The Morgan fingerprint density at radius 2 is 1.83 bits per heavy atom. The number of unbranched alkanes of at least 4 members (excludes halogenated alkanes) is 1. The second-order valence-corrected chi connectivity index (χ2v) is 9.72. The molecule has 0 aromatic heterocycles. The van der Waals surface area contributed by atoms with Crippen LogP contribution in [0.4, 0.5) is 0 Å². The summed E-state index contributed by atoms with van der Waals surface area (Å²) in [6, 6.07) is 13.1. The molecule has 0 saturated carbocycles. The molecule has 190 valence electrons. The maximum Gasteiger partial charge on any atom is 0.315 e. The lowest BCUT2D eigenvalue weighted by Gasteiger charge is -2.36. The van der Waals surface area contributed by atoms with E-state index >= 15 is 0 Å². The topological polar surface area (TPSA) is 74.2 Å². The number of hydrogen-bond acceptors (Lipinski definition) is 6. The van der Waals surface area contributed by atoms with Crippen LogP contribution in [0.15, 0.2) is 58.7 Å². The van der Waals surface area contributed by atoms with E-state index in [0.29, 0.717) is 47.3 Å². The zero-order valence-electron chi connectivity index (χ0n) is 21.2. The smallest absolute Gasteiger partial charge is 0.315 e. The van der Waals surface area contributed by atoms with Crippen LogP contribution in [-0.2, 0) is 14.3 Å². The van der Waals surface area contributed by atoms with Crippen LogP contribution in [0.1, 0.15) is 62.5 Å². The molecule has 1 heterocycles. The van der Waals surface area contributed by atoms with E-state index in [1.165, 1.54) is 0 Å². The van der Waals surface area contributed by atoms with Crippen molar-refractivity contribution in [3.8, 4) is 11.5 Å². The Kier molecular flexibility index (Phi) is 8.14. The molecule has 36 heavy (non-hydrogen) atoms. The van der Waals surface area contributed by atoms with Gasteiger partial charge >= 0.3 is 5.97 Å². The van der Waals surface area contributed by atoms with E-state index < -0.39 is 11.8 Å². The van der Waals surface area contributed by atoms with Crippen molar-refractivity contribution >= 4 is 29.1 Å². The lowest BCUT2D eigenvalue weighted by Crippen LogP contribution is -2.38. The van der Waals surface area contributed by atoms with Gasteiger partial charge in [-0.2, -0.15) is 0 Å². The number of nitrogens with zero attached hydrogens (tertiary/aromatic N) is 1. The Balaban J connectivity index is 1.74. The van der Waals surface area contributed by atoms with Gasteiger partial charge in [-0.25, -0.2) is 0 Å². The number of carbonyl (C=O) groups excluding carboxylic acids is 2. The molecule has 0 spiro atoms. The summed E-state index contributed by atoms with van der Waals surface area (Å²) in [5.41, 5.74) is 3.78. The van der Waals surface area contributed by atoms with Crippen molar-refractivity contribution in [2.75, 3.05) is 20.8 Å². The quantitative estimate of drug-likeness (QED) is 0.309. The highest BCUT2D eigenvalue weighted by atomic mass is 35.5. The van der Waals surface area contributed by atoms with E-state index in [-0.39, 0.29) is 17.7 Å². The van der Waals surface area contributed by atoms with Gasteiger partial charge in [0.25, 0.3) is 0 Å². The second-order valence-electron chi connectivity index (χ2n) is 9.29. The van der Waals surface area contributed by atoms with E-state index in [2.05, 4.69) is 0 Å². The minimum Gasteiger partial charge on any atom is -0.493 e. The molecule has 0 amide bonds. The normalized spacial score (nSPS) is 21.5. The molecule has 0 bridgehead atoms. The van der Waals surface area contributed by atoms with Gasteiger partial charge in [-0.05, 0) is 61.1 Å². The van der Waals surface area contributed by atoms with E-state index in [1.54, 1.807) is 20.3 Å². The summed E-state index contributed by atoms with van der Waals surface area (Å²) < 4.78 is 16.5. The van der Waals surface area contributed by atoms with Gasteiger partial charge < -0.3 is 14.2 Å². The lowest BCUT2D eigenvalue weighted by molar-refractivity contribution is -0.146. The number of aliphatic imine (C=N–C) groups is 1. The van der Waals surface area contributed by atoms with E-state index in [4.69, 9.17) is 30.8 Å². The van der Waals surface area contributed by atoms with Crippen LogP contribution in [0.3, 0.4) is 0 Å². The first-order valence-electron chi connectivity index (χ1n) is 12.3. The number of methoxy groups -OCH3 is 2. The van der Waals surface area contributed by atoms with E-state index in [0.717, 1.165) is 29.7 Å². The minimum absolute atomic E-state index is 0.0105. The number of ketones is 1. The fourth-order valence-corrected chi connectivity index (χ4v) is 5.37. The van der Waals surface area contributed by atoms with E-state index in [9.17, 15) is 9.59 Å². The summed E-state index contributed by atoms with van der Waals surface area (Å²) in [7, 11) is 3.19. The summed E-state index contributed by atoms with van der Waals surface area (Å²) in [6.45, 7) is 4.24. The molecule has 0 fully saturated rings. The molecule has 2 aromatic rings. The first kappa shape index (κ1) is 26.0. The van der Waals surface area contributed by atoms with Crippen LogP contribution < -0.4 is 9.47 Å². The third-order valence-corrected chi connectivity index (χ3v) is 7.21. The number of Topliss-reactive ketones (excluding diaryl/α,β-unsaturated/α-hetero) is 1. The largest absolute Gasteiger partial charge is 0.493 e. The van der Waals surface area contributed by atoms with Crippen molar-refractivity contribution in [1.82, 2.24) is 0 Å². The molecule has 1 aliphatic carbocycles. The molecule has 7 heteroatoms. The molecule has 3 atom stereocenters. The molecule has 2 aromatic carbocycles.